The molecule has 0 spiro atoms. The third kappa shape index (κ3) is 3.64. The SMILES string of the molecule is NCC(=O)NCC(=O)N1CCN(c2cnccn2)CC1. The number of anilines is 1. The molecule has 8 heteroatoms. The number of aromatic nitrogens is 2. The van der Waals surface area contributed by atoms with Crippen molar-refractivity contribution in [3.05, 3.63) is 18.6 Å². The van der Waals surface area contributed by atoms with Crippen molar-refractivity contribution >= 4 is 17.6 Å². The number of rotatable bonds is 4. The molecular weight excluding hydrogens is 260 g/mol. The number of nitrogens with two attached hydrogens (primary N) is 1. The number of piperazine rings is 1. The number of hydrogen-bond donors (Lipinski definition) is 2. The predicted molar refractivity (Wildman–Crippen MR) is 72.9 cm³/mol. The molecule has 8 nitrogen and oxygen atoms in total. The quantitative estimate of drug-likeness (QED) is 0.673. The Balaban J connectivity index is 1.79. The Labute approximate surface area is 117 Å². The molecule has 0 aliphatic carbocycles. The van der Waals surface area contributed by atoms with Crippen LogP contribution in [0.2, 0.25) is 0 Å². The summed E-state index contributed by atoms with van der Waals surface area (Å²) in [6.45, 7) is 2.52. The van der Waals surface area contributed by atoms with Gasteiger partial charge in [-0.15, -0.1) is 0 Å². The molecular formula is C12H18N6O2. The Hall–Kier alpha value is -2.22. The molecule has 108 valence electrons. The van der Waals surface area contributed by atoms with Crippen molar-refractivity contribution in [3.63, 3.8) is 0 Å². The summed E-state index contributed by atoms with van der Waals surface area (Å²) in [7, 11) is 0. The highest BCUT2D eigenvalue weighted by Gasteiger charge is 2.21. The summed E-state index contributed by atoms with van der Waals surface area (Å²) in [5.41, 5.74) is 5.16. The van der Waals surface area contributed by atoms with E-state index in [9.17, 15) is 9.59 Å². The lowest BCUT2D eigenvalue weighted by molar-refractivity contribution is -0.132. The van der Waals surface area contributed by atoms with Gasteiger partial charge in [0.15, 0.2) is 0 Å². The van der Waals surface area contributed by atoms with Gasteiger partial charge in [0, 0.05) is 38.6 Å². The van der Waals surface area contributed by atoms with Crippen LogP contribution in [0, 0.1) is 0 Å². The van der Waals surface area contributed by atoms with Gasteiger partial charge in [0.2, 0.25) is 11.8 Å². The summed E-state index contributed by atoms with van der Waals surface area (Å²) in [6, 6.07) is 0. The minimum Gasteiger partial charge on any atom is -0.352 e. The Bertz CT molecular complexity index is 458. The van der Waals surface area contributed by atoms with E-state index >= 15 is 0 Å². The standard InChI is InChI=1S/C12H18N6O2/c13-7-11(19)16-9-12(20)18-5-3-17(4-6-18)10-8-14-1-2-15-10/h1-2,8H,3-7,9,13H2,(H,16,19). The van der Waals surface area contributed by atoms with Gasteiger partial charge in [0.05, 0.1) is 19.3 Å². The van der Waals surface area contributed by atoms with Crippen LogP contribution in [0.4, 0.5) is 5.82 Å². The van der Waals surface area contributed by atoms with Crippen molar-refractivity contribution in [2.45, 2.75) is 0 Å². The zero-order valence-electron chi connectivity index (χ0n) is 11.2. The first kappa shape index (κ1) is 14.2. The molecule has 1 saturated heterocycles. The Kier molecular flexibility index (Phi) is 4.83. The Morgan fingerprint density at radius 2 is 2.00 bits per heavy atom. The Morgan fingerprint density at radius 3 is 2.60 bits per heavy atom. The van der Waals surface area contributed by atoms with E-state index in [-0.39, 0.29) is 24.9 Å². The van der Waals surface area contributed by atoms with E-state index in [0.29, 0.717) is 26.2 Å². The van der Waals surface area contributed by atoms with E-state index in [0.717, 1.165) is 5.82 Å². The molecule has 0 saturated carbocycles. The Morgan fingerprint density at radius 1 is 1.25 bits per heavy atom. The first-order chi connectivity index (χ1) is 9.70. The molecule has 2 rings (SSSR count). The van der Waals surface area contributed by atoms with Crippen molar-refractivity contribution in [2.24, 2.45) is 5.73 Å². The minimum atomic E-state index is -0.323. The molecule has 1 fully saturated rings. The zero-order chi connectivity index (χ0) is 14.4. The molecule has 1 aliphatic heterocycles. The fraction of sp³-hybridized carbons (Fsp3) is 0.500. The molecule has 3 N–H and O–H groups in total. The number of hydrogen-bond acceptors (Lipinski definition) is 6. The molecule has 0 atom stereocenters. The minimum absolute atomic E-state index is 0.00117. The molecule has 1 aliphatic rings. The van der Waals surface area contributed by atoms with Crippen molar-refractivity contribution < 1.29 is 9.59 Å². The summed E-state index contributed by atoms with van der Waals surface area (Å²) >= 11 is 0. The second kappa shape index (κ2) is 6.80. The lowest BCUT2D eigenvalue weighted by Crippen LogP contribution is -2.51. The van der Waals surface area contributed by atoms with Crippen molar-refractivity contribution in [3.8, 4) is 0 Å². The van der Waals surface area contributed by atoms with E-state index < -0.39 is 0 Å². The van der Waals surface area contributed by atoms with Gasteiger partial charge >= 0.3 is 0 Å². The highest BCUT2D eigenvalue weighted by molar-refractivity contribution is 5.85. The van der Waals surface area contributed by atoms with Gasteiger partial charge in [0.25, 0.3) is 0 Å². The van der Waals surface area contributed by atoms with Gasteiger partial charge in [-0.3, -0.25) is 14.6 Å². The number of nitrogens with zero attached hydrogens (tertiary/aromatic N) is 4. The van der Waals surface area contributed by atoms with Crippen molar-refractivity contribution in [1.82, 2.24) is 20.2 Å². The first-order valence-electron chi connectivity index (χ1n) is 6.46. The molecule has 1 aromatic rings. The van der Waals surface area contributed by atoms with E-state index in [1.807, 2.05) is 0 Å². The summed E-state index contributed by atoms with van der Waals surface area (Å²) in [5.74, 6) is 0.401. The lowest BCUT2D eigenvalue weighted by atomic mass is 10.3. The maximum Gasteiger partial charge on any atom is 0.242 e. The summed E-state index contributed by atoms with van der Waals surface area (Å²) < 4.78 is 0. The molecule has 0 unspecified atom stereocenters. The number of amides is 2. The number of nitrogens with one attached hydrogen (secondary N) is 1. The third-order valence-corrected chi connectivity index (χ3v) is 3.13. The average Bonchev–Trinajstić information content (AvgIpc) is 2.53. The summed E-state index contributed by atoms with van der Waals surface area (Å²) in [4.78, 5) is 35.0. The monoisotopic (exact) mass is 278 g/mol. The van der Waals surface area contributed by atoms with Crippen LogP contribution in [-0.2, 0) is 9.59 Å². The van der Waals surface area contributed by atoms with Crippen LogP contribution in [0.5, 0.6) is 0 Å². The van der Waals surface area contributed by atoms with Gasteiger partial charge in [-0.25, -0.2) is 4.98 Å². The average molecular weight is 278 g/mol. The molecule has 2 amide bonds. The highest BCUT2D eigenvalue weighted by Crippen LogP contribution is 2.11. The summed E-state index contributed by atoms with van der Waals surface area (Å²) in [5, 5.41) is 2.48. The van der Waals surface area contributed by atoms with Crippen molar-refractivity contribution in [1.29, 1.82) is 0 Å². The van der Waals surface area contributed by atoms with Gasteiger partial charge in [-0.1, -0.05) is 0 Å². The molecule has 0 radical (unpaired) electrons. The van der Waals surface area contributed by atoms with Crippen LogP contribution in [0.15, 0.2) is 18.6 Å². The lowest BCUT2D eigenvalue weighted by Gasteiger charge is -2.35. The van der Waals surface area contributed by atoms with Gasteiger partial charge < -0.3 is 20.9 Å². The normalized spacial score (nSPS) is 15.1. The van der Waals surface area contributed by atoms with Crippen LogP contribution in [0.25, 0.3) is 0 Å². The second-order valence-electron chi connectivity index (χ2n) is 4.41. The van der Waals surface area contributed by atoms with Crippen LogP contribution in [-0.4, -0.2) is 66.0 Å². The van der Waals surface area contributed by atoms with Gasteiger partial charge in [-0.05, 0) is 0 Å². The fourth-order valence-electron chi connectivity index (χ4n) is 2.00. The van der Waals surface area contributed by atoms with Crippen LogP contribution >= 0.6 is 0 Å². The largest absolute Gasteiger partial charge is 0.352 e. The molecule has 0 bridgehead atoms. The van der Waals surface area contributed by atoms with E-state index in [1.54, 1.807) is 23.5 Å². The maximum atomic E-state index is 11.9. The van der Waals surface area contributed by atoms with Crippen molar-refractivity contribution in [2.75, 3.05) is 44.2 Å². The third-order valence-electron chi connectivity index (χ3n) is 3.13. The van der Waals surface area contributed by atoms with E-state index in [2.05, 4.69) is 20.2 Å². The molecule has 1 aromatic heterocycles. The predicted octanol–water partition coefficient (Wildman–Crippen LogP) is -1.80. The summed E-state index contributed by atoms with van der Waals surface area (Å²) in [6.07, 6.45) is 4.98. The molecule has 2 heterocycles. The number of carbonyl (C=O) groups is 2. The topological polar surface area (TPSA) is 104 Å². The zero-order valence-corrected chi connectivity index (χ0v) is 11.2. The van der Waals surface area contributed by atoms with Crippen LogP contribution in [0.3, 0.4) is 0 Å². The van der Waals surface area contributed by atoms with Gasteiger partial charge in [-0.2, -0.15) is 0 Å². The smallest absolute Gasteiger partial charge is 0.242 e. The maximum absolute atomic E-state index is 11.9. The number of carbonyl (C=O) groups excluding carboxylic acids is 2. The molecule has 20 heavy (non-hydrogen) atoms. The second-order valence-corrected chi connectivity index (χ2v) is 4.41. The highest BCUT2D eigenvalue weighted by atomic mass is 16.2. The van der Waals surface area contributed by atoms with E-state index in [1.165, 1.54) is 0 Å². The molecule has 0 aromatic carbocycles. The van der Waals surface area contributed by atoms with E-state index in [4.69, 9.17) is 5.73 Å². The van der Waals surface area contributed by atoms with Crippen LogP contribution in [0.1, 0.15) is 0 Å². The van der Waals surface area contributed by atoms with Gasteiger partial charge in [0.1, 0.15) is 5.82 Å². The van der Waals surface area contributed by atoms with Crippen LogP contribution < -0.4 is 16.0 Å². The fourth-order valence-corrected chi connectivity index (χ4v) is 2.00. The first-order valence-corrected chi connectivity index (χ1v) is 6.46.